The van der Waals surface area contributed by atoms with E-state index in [2.05, 4.69) is 25.7 Å². The van der Waals surface area contributed by atoms with Gasteiger partial charge in [0.15, 0.2) is 0 Å². The lowest BCUT2D eigenvalue weighted by atomic mass is 10.3. The molecule has 15 heavy (non-hydrogen) atoms. The predicted octanol–water partition coefficient (Wildman–Crippen LogP) is 0.454. The monoisotopic (exact) mass is 225 g/mol. The Morgan fingerprint density at radius 2 is 2.27 bits per heavy atom. The number of thioether (sulfide) groups is 1. The molecule has 7 heteroatoms. The number of carbonyl (C=O) groups excluding carboxylic acids is 1. The van der Waals surface area contributed by atoms with Crippen molar-refractivity contribution < 1.29 is 4.79 Å². The molecule has 0 saturated carbocycles. The van der Waals surface area contributed by atoms with Crippen LogP contribution in [0.15, 0.2) is 16.5 Å². The lowest BCUT2D eigenvalue weighted by molar-refractivity contribution is -0.118. The van der Waals surface area contributed by atoms with Crippen molar-refractivity contribution >= 4 is 23.4 Å². The Balaban J connectivity index is 2.85. The molecule has 6 nitrogen and oxygen atoms in total. The molecule has 1 aromatic rings. The number of carbonyl (C=O) groups is 1. The Hall–Kier alpha value is -1.50. The Morgan fingerprint density at radius 3 is 2.87 bits per heavy atom. The summed E-state index contributed by atoms with van der Waals surface area (Å²) in [7, 11) is 0. The lowest BCUT2D eigenvalue weighted by Crippen LogP contribution is -2.16. The van der Waals surface area contributed by atoms with E-state index in [-0.39, 0.29) is 5.91 Å². The Labute approximate surface area is 91.6 Å². The SMILES string of the molecule is CSc1nncc(/C(C)=N/NC(C)=O)n1. The molecule has 1 aromatic heterocycles. The molecule has 0 spiro atoms. The number of rotatable bonds is 3. The third-order valence-corrected chi connectivity index (χ3v) is 2.01. The molecule has 0 fully saturated rings. The van der Waals surface area contributed by atoms with Gasteiger partial charge in [0, 0.05) is 6.92 Å². The second kappa shape index (κ2) is 5.40. The maximum Gasteiger partial charge on any atom is 0.236 e. The van der Waals surface area contributed by atoms with Gasteiger partial charge in [-0.15, -0.1) is 5.10 Å². The molecule has 1 N–H and O–H groups in total. The molecule has 1 heterocycles. The van der Waals surface area contributed by atoms with Crippen LogP contribution < -0.4 is 5.43 Å². The topological polar surface area (TPSA) is 80.1 Å². The van der Waals surface area contributed by atoms with Crippen LogP contribution in [-0.2, 0) is 4.79 Å². The molecule has 0 unspecified atom stereocenters. The summed E-state index contributed by atoms with van der Waals surface area (Å²) >= 11 is 1.40. The van der Waals surface area contributed by atoms with Crippen molar-refractivity contribution in [2.24, 2.45) is 5.10 Å². The molecule has 0 aromatic carbocycles. The van der Waals surface area contributed by atoms with Gasteiger partial charge in [-0.05, 0) is 13.2 Å². The molecule has 0 aliphatic rings. The first-order chi connectivity index (χ1) is 7.13. The van der Waals surface area contributed by atoms with Crippen LogP contribution >= 0.6 is 11.8 Å². The van der Waals surface area contributed by atoms with Gasteiger partial charge in [0.1, 0.15) is 5.69 Å². The summed E-state index contributed by atoms with van der Waals surface area (Å²) in [4.78, 5) is 14.8. The minimum absolute atomic E-state index is 0.221. The number of aromatic nitrogens is 3. The number of amides is 1. The minimum Gasteiger partial charge on any atom is -0.274 e. The smallest absolute Gasteiger partial charge is 0.236 e. The van der Waals surface area contributed by atoms with E-state index in [9.17, 15) is 4.79 Å². The van der Waals surface area contributed by atoms with E-state index in [0.717, 1.165) is 0 Å². The maximum absolute atomic E-state index is 10.6. The highest BCUT2D eigenvalue weighted by Crippen LogP contribution is 2.06. The summed E-state index contributed by atoms with van der Waals surface area (Å²) < 4.78 is 0. The average Bonchev–Trinajstić information content (AvgIpc) is 2.26. The third-order valence-electron chi connectivity index (χ3n) is 1.47. The first-order valence-electron chi connectivity index (χ1n) is 4.18. The number of hydrazone groups is 1. The molecule has 0 aliphatic heterocycles. The van der Waals surface area contributed by atoms with Crippen LogP contribution in [0.4, 0.5) is 0 Å². The number of nitrogens with one attached hydrogen (secondary N) is 1. The van der Waals surface area contributed by atoms with E-state index in [1.165, 1.54) is 24.9 Å². The molecule has 1 amide bonds. The van der Waals surface area contributed by atoms with Gasteiger partial charge in [-0.2, -0.15) is 10.2 Å². The van der Waals surface area contributed by atoms with Crippen molar-refractivity contribution in [2.75, 3.05) is 6.26 Å². The Morgan fingerprint density at radius 1 is 1.53 bits per heavy atom. The summed E-state index contributed by atoms with van der Waals surface area (Å²) in [5.74, 6) is -0.221. The molecule has 0 saturated heterocycles. The van der Waals surface area contributed by atoms with E-state index in [1.54, 1.807) is 6.92 Å². The minimum atomic E-state index is -0.221. The van der Waals surface area contributed by atoms with Crippen molar-refractivity contribution in [1.29, 1.82) is 0 Å². The van der Waals surface area contributed by atoms with Gasteiger partial charge in [0.05, 0.1) is 11.9 Å². The fraction of sp³-hybridized carbons (Fsp3) is 0.375. The van der Waals surface area contributed by atoms with Crippen LogP contribution in [0.2, 0.25) is 0 Å². The third kappa shape index (κ3) is 3.62. The van der Waals surface area contributed by atoms with Gasteiger partial charge in [0.2, 0.25) is 11.1 Å². The first kappa shape index (κ1) is 11.6. The summed E-state index contributed by atoms with van der Waals surface area (Å²) in [6.45, 7) is 3.13. The maximum atomic E-state index is 10.6. The molecular weight excluding hydrogens is 214 g/mol. The molecule has 0 bridgehead atoms. The fourth-order valence-corrected chi connectivity index (χ4v) is 1.09. The van der Waals surface area contributed by atoms with E-state index in [4.69, 9.17) is 0 Å². The van der Waals surface area contributed by atoms with E-state index < -0.39 is 0 Å². The van der Waals surface area contributed by atoms with E-state index in [0.29, 0.717) is 16.6 Å². The van der Waals surface area contributed by atoms with Gasteiger partial charge < -0.3 is 0 Å². The van der Waals surface area contributed by atoms with Crippen molar-refractivity contribution in [3.05, 3.63) is 11.9 Å². The highest BCUT2D eigenvalue weighted by Gasteiger charge is 2.02. The molecule has 1 rings (SSSR count). The van der Waals surface area contributed by atoms with Gasteiger partial charge in [0.25, 0.3) is 0 Å². The highest BCUT2D eigenvalue weighted by molar-refractivity contribution is 7.98. The zero-order valence-electron chi connectivity index (χ0n) is 8.68. The van der Waals surface area contributed by atoms with Crippen LogP contribution in [-0.4, -0.2) is 33.1 Å². The zero-order chi connectivity index (χ0) is 11.3. The fourth-order valence-electron chi connectivity index (χ4n) is 0.768. The van der Waals surface area contributed by atoms with Crippen molar-refractivity contribution in [1.82, 2.24) is 20.6 Å². The number of hydrogen-bond donors (Lipinski definition) is 1. The normalized spacial score (nSPS) is 11.3. The average molecular weight is 225 g/mol. The van der Waals surface area contributed by atoms with Gasteiger partial charge in [-0.25, -0.2) is 10.4 Å². The van der Waals surface area contributed by atoms with Gasteiger partial charge >= 0.3 is 0 Å². The second-order valence-electron chi connectivity index (χ2n) is 2.69. The lowest BCUT2D eigenvalue weighted by Gasteiger charge is -2.00. The van der Waals surface area contributed by atoms with Crippen LogP contribution in [0.1, 0.15) is 19.5 Å². The quantitative estimate of drug-likeness (QED) is 0.459. The summed E-state index contributed by atoms with van der Waals surface area (Å²) in [5.41, 5.74) is 3.53. The van der Waals surface area contributed by atoms with Crippen LogP contribution in [0.3, 0.4) is 0 Å². The number of nitrogens with zero attached hydrogens (tertiary/aromatic N) is 4. The summed E-state index contributed by atoms with van der Waals surface area (Å²) in [6.07, 6.45) is 3.36. The Kier molecular flexibility index (Phi) is 4.17. The van der Waals surface area contributed by atoms with E-state index >= 15 is 0 Å². The van der Waals surface area contributed by atoms with Crippen LogP contribution in [0.25, 0.3) is 0 Å². The van der Waals surface area contributed by atoms with Crippen molar-refractivity contribution in [3.8, 4) is 0 Å². The van der Waals surface area contributed by atoms with E-state index in [1.807, 2.05) is 6.26 Å². The second-order valence-corrected chi connectivity index (χ2v) is 3.47. The van der Waals surface area contributed by atoms with Crippen LogP contribution in [0, 0.1) is 0 Å². The highest BCUT2D eigenvalue weighted by atomic mass is 32.2. The van der Waals surface area contributed by atoms with Crippen molar-refractivity contribution in [3.63, 3.8) is 0 Å². The van der Waals surface area contributed by atoms with Gasteiger partial charge in [-0.3, -0.25) is 4.79 Å². The number of hydrogen-bond acceptors (Lipinski definition) is 6. The summed E-state index contributed by atoms with van der Waals surface area (Å²) in [6, 6.07) is 0. The van der Waals surface area contributed by atoms with Gasteiger partial charge in [-0.1, -0.05) is 11.8 Å². The molecule has 0 atom stereocenters. The van der Waals surface area contributed by atoms with Crippen LogP contribution in [0.5, 0.6) is 0 Å². The van der Waals surface area contributed by atoms with Crippen molar-refractivity contribution in [2.45, 2.75) is 19.0 Å². The molecule has 0 radical (unpaired) electrons. The zero-order valence-corrected chi connectivity index (χ0v) is 9.50. The predicted molar refractivity (Wildman–Crippen MR) is 57.6 cm³/mol. The molecule has 80 valence electrons. The molecule has 0 aliphatic carbocycles. The standard InChI is InChI=1S/C8H11N5OS/c1-5(11-12-6(2)14)7-4-9-13-8(10-7)15-3/h4H,1-3H3,(H,12,14)/b11-5+. The molecular formula is C8H11N5OS. The largest absolute Gasteiger partial charge is 0.274 e. The first-order valence-corrected chi connectivity index (χ1v) is 5.41. The summed E-state index contributed by atoms with van der Waals surface area (Å²) in [5, 5.41) is 12.0. The Bertz CT molecular complexity index is 392.